The molecule has 0 fully saturated rings. The van der Waals surface area contributed by atoms with Crippen molar-refractivity contribution in [3.05, 3.63) is 162 Å². The molecule has 2 aliphatic rings. The average Bonchev–Trinajstić information content (AvgIpc) is 3.86. The summed E-state index contributed by atoms with van der Waals surface area (Å²) < 4.78 is 0. The molecule has 6 heteroatoms. The van der Waals surface area contributed by atoms with Gasteiger partial charge in [0.2, 0.25) is 0 Å². The minimum atomic E-state index is -0.446. The van der Waals surface area contributed by atoms with Crippen LogP contribution < -0.4 is 15.9 Å². The quantitative estimate of drug-likeness (QED) is 0.179. The van der Waals surface area contributed by atoms with E-state index in [-0.39, 0.29) is 20.1 Å². The van der Waals surface area contributed by atoms with Gasteiger partial charge in [-0.15, -0.1) is 0 Å². The summed E-state index contributed by atoms with van der Waals surface area (Å²) >= 11 is 0. The van der Waals surface area contributed by atoms with Crippen LogP contribution in [0.3, 0.4) is 0 Å². The average molecular weight is 765 g/mol. The van der Waals surface area contributed by atoms with Gasteiger partial charge in [0.15, 0.2) is 0 Å². The molecule has 0 saturated carbocycles. The van der Waals surface area contributed by atoms with E-state index in [9.17, 15) is 0 Å². The molecule has 1 radical (unpaired) electrons. The minimum Gasteiger partial charge on any atom is -0.355 e. The van der Waals surface area contributed by atoms with Gasteiger partial charge in [-0.2, -0.15) is 0 Å². The van der Waals surface area contributed by atoms with Gasteiger partial charge >= 0.3 is 0 Å². The first kappa shape index (κ1) is 29.4. The standard InChI is InChI=1S/C20H14N4.C18H15P.Ir/c1-2-14-10-16-5-6-18(23-16)12-20-8-7-19(24-20)11-17-4-3-15(22-17)9-13(1)21-14;1-4-10-16(11-5-1)19(17-12-6-2-7-13-17)18-14-8-3-9-15-18;/h1-12,21,24H;1-15H;. The van der Waals surface area contributed by atoms with Crippen molar-refractivity contribution in [2.24, 2.45) is 0 Å². The number of H-pyrrole nitrogens is 2. The Balaban J connectivity index is 0.000000157. The van der Waals surface area contributed by atoms with Crippen LogP contribution in [0.4, 0.5) is 0 Å². The van der Waals surface area contributed by atoms with Gasteiger partial charge in [-0.3, -0.25) is 0 Å². The summed E-state index contributed by atoms with van der Waals surface area (Å²) in [6.07, 6.45) is 8.09. The summed E-state index contributed by atoms with van der Waals surface area (Å²) in [5, 5.41) is 4.19. The van der Waals surface area contributed by atoms with E-state index in [0.717, 1.165) is 44.8 Å². The van der Waals surface area contributed by atoms with Crippen LogP contribution in [0.2, 0.25) is 0 Å². The third-order valence-electron chi connectivity index (χ3n) is 7.09. The molecule has 215 valence electrons. The molecule has 3 aromatic carbocycles. The van der Waals surface area contributed by atoms with Gasteiger partial charge in [0.1, 0.15) is 0 Å². The maximum atomic E-state index is 4.63. The molecule has 0 unspecified atom stereocenters. The van der Waals surface area contributed by atoms with Gasteiger partial charge in [0, 0.05) is 42.2 Å². The second-order valence-corrected chi connectivity index (χ2v) is 12.5. The second kappa shape index (κ2) is 13.8. The van der Waals surface area contributed by atoms with E-state index in [1.165, 1.54) is 15.9 Å². The number of hydrogen-bond acceptors (Lipinski definition) is 2. The first-order chi connectivity index (χ1) is 21.2. The largest absolute Gasteiger partial charge is 0.355 e. The number of aromatic amines is 2. The number of rotatable bonds is 3. The van der Waals surface area contributed by atoms with E-state index in [4.69, 9.17) is 0 Å². The monoisotopic (exact) mass is 765 g/mol. The van der Waals surface area contributed by atoms with Gasteiger partial charge in [0.05, 0.1) is 22.8 Å². The van der Waals surface area contributed by atoms with Crippen LogP contribution in [-0.4, -0.2) is 19.9 Å². The van der Waals surface area contributed by atoms with Crippen molar-refractivity contribution in [1.82, 2.24) is 19.9 Å². The van der Waals surface area contributed by atoms with Crippen molar-refractivity contribution in [3.8, 4) is 0 Å². The number of hydrogen-bond donors (Lipinski definition) is 2. The fraction of sp³-hybridized carbons (Fsp3) is 0. The molecule has 0 saturated heterocycles. The fourth-order valence-corrected chi connectivity index (χ4v) is 7.43. The van der Waals surface area contributed by atoms with Crippen LogP contribution >= 0.6 is 7.92 Å². The zero-order valence-electron chi connectivity index (χ0n) is 23.8. The van der Waals surface area contributed by atoms with Crippen molar-refractivity contribution >= 4 is 70.2 Å². The molecule has 0 spiro atoms. The summed E-state index contributed by atoms with van der Waals surface area (Å²) in [5.41, 5.74) is 7.86. The molecule has 4 nitrogen and oxygen atoms in total. The number of nitrogens with one attached hydrogen (secondary N) is 2. The van der Waals surface area contributed by atoms with E-state index < -0.39 is 7.92 Å². The van der Waals surface area contributed by atoms with E-state index in [1.54, 1.807) is 0 Å². The smallest absolute Gasteiger partial charge is 0.0658 e. The zero-order chi connectivity index (χ0) is 28.8. The molecule has 8 rings (SSSR count). The molecular formula is C38H29IrN4P. The van der Waals surface area contributed by atoms with Gasteiger partial charge in [-0.25, -0.2) is 9.97 Å². The van der Waals surface area contributed by atoms with E-state index in [1.807, 2.05) is 48.6 Å². The molecule has 6 aromatic rings. The molecule has 3 aromatic heterocycles. The molecule has 2 aliphatic heterocycles. The fourth-order valence-electron chi connectivity index (χ4n) is 5.12. The first-order valence-electron chi connectivity index (χ1n) is 14.2. The van der Waals surface area contributed by atoms with Crippen molar-refractivity contribution in [1.29, 1.82) is 0 Å². The molecule has 2 N–H and O–H groups in total. The Morgan fingerprint density at radius 3 is 0.909 bits per heavy atom. The zero-order valence-corrected chi connectivity index (χ0v) is 27.1. The van der Waals surface area contributed by atoms with Crippen LogP contribution in [0.25, 0.3) is 46.4 Å². The summed E-state index contributed by atoms with van der Waals surface area (Å²) in [5.74, 6) is 0. The summed E-state index contributed by atoms with van der Waals surface area (Å²) in [6.45, 7) is 0. The maximum absolute atomic E-state index is 4.63. The van der Waals surface area contributed by atoms with Crippen LogP contribution in [0.15, 0.2) is 140 Å². The Morgan fingerprint density at radius 2 is 0.636 bits per heavy atom. The predicted molar refractivity (Wildman–Crippen MR) is 184 cm³/mol. The first-order valence-corrected chi connectivity index (χ1v) is 15.6. The van der Waals surface area contributed by atoms with Gasteiger partial charge < -0.3 is 9.97 Å². The SMILES string of the molecule is C1=Cc2cc3ccc(cc4nc(cc5ccc(cc1n2)[nH]5)C=C4)[nH]3.[Ir].c1ccc(P(c2ccccc2)c2ccccc2)cc1. The molecule has 0 atom stereocenters. The van der Waals surface area contributed by atoms with E-state index in [2.05, 4.69) is 135 Å². The Hall–Kier alpha value is -4.66. The topological polar surface area (TPSA) is 57.4 Å². The normalized spacial score (nSPS) is 11.5. The van der Waals surface area contributed by atoms with Crippen molar-refractivity contribution < 1.29 is 20.1 Å². The van der Waals surface area contributed by atoms with Gasteiger partial charge in [-0.1, -0.05) is 91.0 Å². The molecule has 8 bridgehead atoms. The summed E-state index contributed by atoms with van der Waals surface area (Å²) in [7, 11) is -0.446. The van der Waals surface area contributed by atoms with Crippen LogP contribution in [0, 0.1) is 0 Å². The molecule has 0 aliphatic carbocycles. The summed E-state index contributed by atoms with van der Waals surface area (Å²) in [4.78, 5) is 16.0. The molecule has 44 heavy (non-hydrogen) atoms. The van der Waals surface area contributed by atoms with Crippen molar-refractivity contribution in [2.75, 3.05) is 0 Å². The molecule has 0 amide bonds. The van der Waals surface area contributed by atoms with Crippen molar-refractivity contribution in [3.63, 3.8) is 0 Å². The van der Waals surface area contributed by atoms with Crippen LogP contribution in [-0.2, 0) is 20.1 Å². The number of aromatic nitrogens is 4. The van der Waals surface area contributed by atoms with Gasteiger partial charge in [-0.05, 0) is 96.7 Å². The molecule has 5 heterocycles. The summed E-state index contributed by atoms with van der Waals surface area (Å²) in [6, 6.07) is 48.7. The Bertz CT molecular complexity index is 1810. The third-order valence-corrected chi connectivity index (χ3v) is 9.53. The van der Waals surface area contributed by atoms with Crippen LogP contribution in [0.1, 0.15) is 22.8 Å². The van der Waals surface area contributed by atoms with E-state index in [0.29, 0.717) is 0 Å². The van der Waals surface area contributed by atoms with Gasteiger partial charge in [0.25, 0.3) is 0 Å². The van der Waals surface area contributed by atoms with E-state index >= 15 is 0 Å². The Morgan fingerprint density at radius 1 is 0.364 bits per heavy atom. The number of nitrogens with zero attached hydrogens (tertiary/aromatic N) is 2. The number of fused-ring (bicyclic) bond motifs is 8. The minimum absolute atomic E-state index is 0. The second-order valence-electron chi connectivity index (χ2n) is 10.2. The third kappa shape index (κ3) is 7.10. The Kier molecular flexibility index (Phi) is 9.19. The Labute approximate surface area is 271 Å². The van der Waals surface area contributed by atoms with Crippen molar-refractivity contribution in [2.45, 2.75) is 0 Å². The maximum Gasteiger partial charge on any atom is 0.0658 e. The predicted octanol–water partition coefficient (Wildman–Crippen LogP) is 8.10. The molecular weight excluding hydrogens is 736 g/mol. The number of benzene rings is 3. The van der Waals surface area contributed by atoms with Crippen LogP contribution in [0.5, 0.6) is 0 Å².